The Morgan fingerprint density at radius 3 is 2.40 bits per heavy atom. The van der Waals surface area contributed by atoms with Crippen LogP contribution in [0.3, 0.4) is 0 Å². The number of amides is 1. The van der Waals surface area contributed by atoms with Crippen LogP contribution in [0.2, 0.25) is 0 Å². The standard InChI is InChI=1S/C17H30N2O/c18-15-9-4-3-8-14(15)12-17(20)19-11-5-10-16(19)13-6-1-2-7-13/h13-16H,1-12,18H2. The van der Waals surface area contributed by atoms with Crippen LogP contribution in [0, 0.1) is 11.8 Å². The number of likely N-dealkylation sites (tertiary alicyclic amines) is 1. The smallest absolute Gasteiger partial charge is 0.223 e. The van der Waals surface area contributed by atoms with Crippen molar-refractivity contribution in [3.05, 3.63) is 0 Å². The number of carbonyl (C=O) groups is 1. The zero-order valence-corrected chi connectivity index (χ0v) is 12.7. The maximum atomic E-state index is 12.7. The second-order valence-corrected chi connectivity index (χ2v) is 7.25. The van der Waals surface area contributed by atoms with Crippen molar-refractivity contribution >= 4 is 5.91 Å². The monoisotopic (exact) mass is 278 g/mol. The summed E-state index contributed by atoms with van der Waals surface area (Å²) in [6, 6.07) is 0.824. The van der Waals surface area contributed by atoms with E-state index in [9.17, 15) is 4.79 Å². The zero-order chi connectivity index (χ0) is 13.9. The number of nitrogens with two attached hydrogens (primary N) is 1. The molecule has 3 fully saturated rings. The molecule has 1 heterocycles. The topological polar surface area (TPSA) is 46.3 Å². The van der Waals surface area contributed by atoms with Gasteiger partial charge in [-0.2, -0.15) is 0 Å². The van der Waals surface area contributed by atoms with Crippen molar-refractivity contribution in [1.82, 2.24) is 4.90 Å². The van der Waals surface area contributed by atoms with Crippen LogP contribution >= 0.6 is 0 Å². The summed E-state index contributed by atoms with van der Waals surface area (Å²) in [7, 11) is 0. The summed E-state index contributed by atoms with van der Waals surface area (Å²) in [5.74, 6) is 1.64. The molecule has 1 saturated heterocycles. The summed E-state index contributed by atoms with van der Waals surface area (Å²) < 4.78 is 0. The number of hydrogen-bond donors (Lipinski definition) is 1. The molecule has 2 N–H and O–H groups in total. The highest BCUT2D eigenvalue weighted by atomic mass is 16.2. The minimum Gasteiger partial charge on any atom is -0.339 e. The van der Waals surface area contributed by atoms with Crippen molar-refractivity contribution in [2.24, 2.45) is 17.6 Å². The lowest BCUT2D eigenvalue weighted by Crippen LogP contribution is -2.42. The number of nitrogens with zero attached hydrogens (tertiary/aromatic N) is 1. The molecule has 3 nitrogen and oxygen atoms in total. The molecule has 3 unspecified atom stereocenters. The number of carbonyl (C=O) groups excluding carboxylic acids is 1. The van der Waals surface area contributed by atoms with Crippen LogP contribution in [-0.4, -0.2) is 29.4 Å². The van der Waals surface area contributed by atoms with E-state index in [1.807, 2.05) is 0 Å². The molecular weight excluding hydrogens is 248 g/mol. The Morgan fingerprint density at radius 2 is 1.65 bits per heavy atom. The van der Waals surface area contributed by atoms with Crippen molar-refractivity contribution in [3.63, 3.8) is 0 Å². The van der Waals surface area contributed by atoms with Crippen LogP contribution in [0.4, 0.5) is 0 Å². The molecule has 0 bridgehead atoms. The molecule has 3 rings (SSSR count). The predicted octanol–water partition coefficient (Wildman–Crippen LogP) is 3.08. The first-order valence-electron chi connectivity index (χ1n) is 8.81. The molecular formula is C17H30N2O. The molecule has 2 saturated carbocycles. The average molecular weight is 278 g/mol. The van der Waals surface area contributed by atoms with E-state index in [2.05, 4.69) is 4.90 Å². The zero-order valence-electron chi connectivity index (χ0n) is 12.7. The summed E-state index contributed by atoms with van der Waals surface area (Å²) in [5.41, 5.74) is 6.21. The van der Waals surface area contributed by atoms with Gasteiger partial charge in [-0.25, -0.2) is 0 Å². The number of hydrogen-bond acceptors (Lipinski definition) is 2. The third-order valence-electron chi connectivity index (χ3n) is 5.97. The average Bonchev–Trinajstić information content (AvgIpc) is 3.11. The molecule has 0 aromatic carbocycles. The van der Waals surface area contributed by atoms with Crippen LogP contribution in [0.5, 0.6) is 0 Å². The van der Waals surface area contributed by atoms with Gasteiger partial charge in [-0.05, 0) is 50.4 Å². The Kier molecular flexibility index (Phi) is 4.65. The van der Waals surface area contributed by atoms with Gasteiger partial charge in [0.2, 0.25) is 5.91 Å². The van der Waals surface area contributed by atoms with Gasteiger partial charge in [0.05, 0.1) is 0 Å². The molecule has 0 spiro atoms. The number of rotatable bonds is 3. The minimum absolute atomic E-state index is 0.264. The van der Waals surface area contributed by atoms with E-state index in [1.165, 1.54) is 51.4 Å². The molecule has 0 aromatic heterocycles. The van der Waals surface area contributed by atoms with Crippen LogP contribution in [0.1, 0.15) is 70.6 Å². The van der Waals surface area contributed by atoms with Crippen molar-refractivity contribution in [3.8, 4) is 0 Å². The normalized spacial score (nSPS) is 35.6. The lowest BCUT2D eigenvalue weighted by Gasteiger charge is -2.33. The summed E-state index contributed by atoms with van der Waals surface area (Å²) in [6.07, 6.45) is 13.4. The van der Waals surface area contributed by atoms with Crippen LogP contribution in [0.25, 0.3) is 0 Å². The summed E-state index contributed by atoms with van der Waals surface area (Å²) in [6.45, 7) is 1.00. The Morgan fingerprint density at radius 1 is 0.950 bits per heavy atom. The van der Waals surface area contributed by atoms with E-state index < -0.39 is 0 Å². The predicted molar refractivity (Wildman–Crippen MR) is 81.2 cm³/mol. The van der Waals surface area contributed by atoms with Gasteiger partial charge in [-0.15, -0.1) is 0 Å². The van der Waals surface area contributed by atoms with Gasteiger partial charge in [0.25, 0.3) is 0 Å². The summed E-state index contributed by atoms with van der Waals surface area (Å²) >= 11 is 0. The van der Waals surface area contributed by atoms with Gasteiger partial charge in [0.1, 0.15) is 0 Å². The quantitative estimate of drug-likeness (QED) is 0.862. The van der Waals surface area contributed by atoms with Crippen molar-refractivity contribution in [1.29, 1.82) is 0 Å². The highest BCUT2D eigenvalue weighted by Crippen LogP contribution is 2.36. The maximum Gasteiger partial charge on any atom is 0.223 e. The van der Waals surface area contributed by atoms with Gasteiger partial charge in [0.15, 0.2) is 0 Å². The van der Waals surface area contributed by atoms with Crippen molar-refractivity contribution in [2.75, 3.05) is 6.54 Å². The molecule has 114 valence electrons. The van der Waals surface area contributed by atoms with E-state index in [4.69, 9.17) is 5.73 Å². The van der Waals surface area contributed by atoms with Crippen LogP contribution in [-0.2, 0) is 4.79 Å². The Bertz CT molecular complexity index is 338. The fourth-order valence-corrected chi connectivity index (χ4v) is 4.77. The third-order valence-corrected chi connectivity index (χ3v) is 5.97. The second kappa shape index (κ2) is 6.46. The molecule has 2 aliphatic carbocycles. The van der Waals surface area contributed by atoms with E-state index in [0.29, 0.717) is 24.3 Å². The van der Waals surface area contributed by atoms with Gasteiger partial charge in [-0.3, -0.25) is 4.79 Å². The second-order valence-electron chi connectivity index (χ2n) is 7.25. The molecule has 1 amide bonds. The molecule has 3 aliphatic rings. The van der Waals surface area contributed by atoms with Crippen molar-refractivity contribution < 1.29 is 4.79 Å². The first-order valence-corrected chi connectivity index (χ1v) is 8.81. The lowest BCUT2D eigenvalue weighted by molar-refractivity contribution is -0.134. The fourth-order valence-electron chi connectivity index (χ4n) is 4.77. The highest BCUT2D eigenvalue weighted by Gasteiger charge is 2.37. The minimum atomic E-state index is 0.264. The molecule has 0 radical (unpaired) electrons. The van der Waals surface area contributed by atoms with Gasteiger partial charge in [-0.1, -0.05) is 25.7 Å². The van der Waals surface area contributed by atoms with Crippen LogP contribution in [0.15, 0.2) is 0 Å². The Balaban J connectivity index is 1.57. The summed E-state index contributed by atoms with van der Waals surface area (Å²) in [4.78, 5) is 14.9. The molecule has 20 heavy (non-hydrogen) atoms. The highest BCUT2D eigenvalue weighted by molar-refractivity contribution is 5.77. The molecule has 0 aromatic rings. The molecule has 1 aliphatic heterocycles. The maximum absolute atomic E-state index is 12.7. The first kappa shape index (κ1) is 14.4. The van der Waals surface area contributed by atoms with Gasteiger partial charge < -0.3 is 10.6 Å². The van der Waals surface area contributed by atoms with E-state index in [1.54, 1.807) is 0 Å². The largest absolute Gasteiger partial charge is 0.339 e. The third kappa shape index (κ3) is 3.03. The van der Waals surface area contributed by atoms with Crippen molar-refractivity contribution in [2.45, 2.75) is 82.7 Å². The van der Waals surface area contributed by atoms with E-state index >= 15 is 0 Å². The van der Waals surface area contributed by atoms with Crippen LogP contribution < -0.4 is 5.73 Å². The fraction of sp³-hybridized carbons (Fsp3) is 0.941. The Hall–Kier alpha value is -0.570. The SMILES string of the molecule is NC1CCCCC1CC(=O)N1CCCC1C1CCCC1. The summed E-state index contributed by atoms with van der Waals surface area (Å²) in [5, 5.41) is 0. The van der Waals surface area contributed by atoms with E-state index in [-0.39, 0.29) is 6.04 Å². The molecule has 3 atom stereocenters. The Labute approximate surface area is 123 Å². The molecule has 3 heteroatoms. The first-order chi connectivity index (χ1) is 9.75. The van der Waals surface area contributed by atoms with Gasteiger partial charge in [0, 0.05) is 25.0 Å². The van der Waals surface area contributed by atoms with Gasteiger partial charge >= 0.3 is 0 Å². The van der Waals surface area contributed by atoms with E-state index in [0.717, 1.165) is 25.3 Å². The lowest BCUT2D eigenvalue weighted by atomic mass is 9.82.